The highest BCUT2D eigenvalue weighted by Crippen LogP contribution is 2.49. The van der Waals surface area contributed by atoms with Gasteiger partial charge in [0.15, 0.2) is 0 Å². The van der Waals surface area contributed by atoms with Gasteiger partial charge in [-0.15, -0.1) is 0 Å². The number of rotatable bonds is 8. The fraction of sp³-hybridized carbons (Fsp3) is 0.536. The topological polar surface area (TPSA) is 55.8 Å². The van der Waals surface area contributed by atoms with Gasteiger partial charge in [0.2, 0.25) is 5.91 Å². The van der Waals surface area contributed by atoms with Crippen LogP contribution in [0.5, 0.6) is 0 Å². The maximum Gasteiger partial charge on any atom is 0.234 e. The lowest BCUT2D eigenvalue weighted by Crippen LogP contribution is -2.56. The quantitative estimate of drug-likeness (QED) is 0.622. The van der Waals surface area contributed by atoms with Crippen LogP contribution in [0.15, 0.2) is 54.6 Å². The maximum absolute atomic E-state index is 12.9. The summed E-state index contributed by atoms with van der Waals surface area (Å²) in [6, 6.07) is 18.9. The number of nitrogens with one attached hydrogen (secondary N) is 1. The van der Waals surface area contributed by atoms with E-state index in [0.717, 1.165) is 57.3 Å². The van der Waals surface area contributed by atoms with Crippen LogP contribution in [0.2, 0.25) is 0 Å². The number of fused-ring (bicyclic) bond motifs is 1. The molecule has 0 aromatic heterocycles. The molecule has 2 aromatic rings. The van der Waals surface area contributed by atoms with Gasteiger partial charge >= 0.3 is 0 Å². The number of piperidine rings is 1. The Bertz CT molecular complexity index is 897. The van der Waals surface area contributed by atoms with Crippen molar-refractivity contribution in [1.29, 1.82) is 0 Å². The van der Waals surface area contributed by atoms with Gasteiger partial charge in [0.25, 0.3) is 0 Å². The zero-order chi connectivity index (χ0) is 23.3. The molecule has 4 rings (SSSR count). The van der Waals surface area contributed by atoms with Crippen molar-refractivity contribution in [1.82, 2.24) is 10.2 Å². The second-order valence-electron chi connectivity index (χ2n) is 9.65. The number of hydrogen-bond donors (Lipinski definition) is 2. The summed E-state index contributed by atoms with van der Waals surface area (Å²) < 4.78 is 0. The number of benzene rings is 2. The lowest BCUT2D eigenvalue weighted by Gasteiger charge is -2.52. The molecule has 1 heterocycles. The molecule has 1 aliphatic carbocycles. The van der Waals surface area contributed by atoms with Gasteiger partial charge in [-0.05, 0) is 56.4 Å². The molecule has 2 fully saturated rings. The van der Waals surface area contributed by atoms with Crippen LogP contribution in [0, 0.1) is 5.92 Å². The van der Waals surface area contributed by atoms with Crippen molar-refractivity contribution >= 4 is 11.6 Å². The molecule has 0 radical (unpaired) electrons. The van der Waals surface area contributed by atoms with Crippen LogP contribution in [-0.4, -0.2) is 47.7 Å². The van der Waals surface area contributed by atoms with E-state index in [-0.39, 0.29) is 17.9 Å². The first-order chi connectivity index (χ1) is 16.0. The predicted molar refractivity (Wildman–Crippen MR) is 134 cm³/mol. The van der Waals surface area contributed by atoms with E-state index in [1.54, 1.807) is 0 Å². The second-order valence-corrected chi connectivity index (χ2v) is 9.65. The molecule has 3 atom stereocenters. The Labute approximate surface area is 198 Å². The highest BCUT2D eigenvalue weighted by molar-refractivity contribution is 5.78. The highest BCUT2D eigenvalue weighted by atomic mass is 16.3. The van der Waals surface area contributed by atoms with E-state index in [2.05, 4.69) is 53.2 Å². The average Bonchev–Trinajstić information content (AvgIpc) is 2.85. The number of carbonyl (C=O) groups excluding carboxylic acids is 1. The third-order valence-electron chi connectivity index (χ3n) is 7.71. The molecule has 2 N–H and O–H groups in total. The summed E-state index contributed by atoms with van der Waals surface area (Å²) in [6.07, 6.45) is 4.88. The molecule has 1 aliphatic heterocycles. The Morgan fingerprint density at radius 1 is 1.06 bits per heavy atom. The van der Waals surface area contributed by atoms with E-state index in [1.165, 1.54) is 11.3 Å². The van der Waals surface area contributed by atoms with E-state index >= 15 is 0 Å². The number of likely N-dealkylation sites (tertiary alicyclic amines) is 1. The molecular formula is C28H39N3O2. The van der Waals surface area contributed by atoms with Crippen LogP contribution in [-0.2, 0) is 11.3 Å². The SMILES string of the molecule is CCN(CC)c1ccc([C@H]2[C@H]3CCCC[C@@]3(O)CCN2CC(=O)NCc2ccccc2)cc1. The average molecular weight is 450 g/mol. The Hall–Kier alpha value is -2.37. The van der Waals surface area contributed by atoms with Crippen LogP contribution in [0.25, 0.3) is 0 Å². The van der Waals surface area contributed by atoms with E-state index in [9.17, 15) is 9.90 Å². The zero-order valence-corrected chi connectivity index (χ0v) is 20.2. The van der Waals surface area contributed by atoms with Gasteiger partial charge in [-0.1, -0.05) is 55.3 Å². The van der Waals surface area contributed by atoms with Gasteiger partial charge in [-0.2, -0.15) is 0 Å². The zero-order valence-electron chi connectivity index (χ0n) is 20.2. The first-order valence-corrected chi connectivity index (χ1v) is 12.7. The molecule has 1 saturated carbocycles. The van der Waals surface area contributed by atoms with E-state index in [4.69, 9.17) is 0 Å². The van der Waals surface area contributed by atoms with Crippen molar-refractivity contribution in [3.63, 3.8) is 0 Å². The Balaban J connectivity index is 1.53. The fourth-order valence-corrected chi connectivity index (χ4v) is 5.87. The van der Waals surface area contributed by atoms with Gasteiger partial charge in [0.05, 0.1) is 12.1 Å². The first kappa shape index (κ1) is 23.8. The molecule has 0 spiro atoms. The number of carbonyl (C=O) groups is 1. The number of aliphatic hydroxyl groups is 1. The third-order valence-corrected chi connectivity index (χ3v) is 7.71. The molecule has 33 heavy (non-hydrogen) atoms. The minimum Gasteiger partial charge on any atom is -0.389 e. The Kier molecular flexibility index (Phi) is 7.71. The first-order valence-electron chi connectivity index (χ1n) is 12.7. The Morgan fingerprint density at radius 3 is 2.48 bits per heavy atom. The van der Waals surface area contributed by atoms with E-state index in [1.807, 2.05) is 30.3 Å². The van der Waals surface area contributed by atoms with Gasteiger partial charge in [-0.3, -0.25) is 9.69 Å². The Morgan fingerprint density at radius 2 is 1.79 bits per heavy atom. The molecule has 0 bridgehead atoms. The summed E-state index contributed by atoms with van der Waals surface area (Å²) in [5.41, 5.74) is 2.93. The van der Waals surface area contributed by atoms with Crippen molar-refractivity contribution in [2.75, 3.05) is 31.1 Å². The summed E-state index contributed by atoms with van der Waals surface area (Å²) in [5, 5.41) is 14.6. The molecule has 178 valence electrons. The number of amides is 1. The van der Waals surface area contributed by atoms with E-state index in [0.29, 0.717) is 13.1 Å². The normalized spacial score (nSPS) is 25.3. The van der Waals surface area contributed by atoms with Crippen molar-refractivity contribution in [3.05, 3.63) is 65.7 Å². The van der Waals surface area contributed by atoms with Crippen LogP contribution in [0.3, 0.4) is 0 Å². The lowest BCUT2D eigenvalue weighted by atomic mass is 9.66. The highest BCUT2D eigenvalue weighted by Gasteiger charge is 2.49. The maximum atomic E-state index is 12.9. The van der Waals surface area contributed by atoms with Crippen LogP contribution < -0.4 is 10.2 Å². The fourth-order valence-electron chi connectivity index (χ4n) is 5.87. The molecule has 1 saturated heterocycles. The molecule has 0 unspecified atom stereocenters. The summed E-state index contributed by atoms with van der Waals surface area (Å²) >= 11 is 0. The summed E-state index contributed by atoms with van der Waals surface area (Å²) in [4.78, 5) is 17.5. The summed E-state index contributed by atoms with van der Waals surface area (Å²) in [7, 11) is 0. The number of nitrogens with zero attached hydrogens (tertiary/aromatic N) is 2. The van der Waals surface area contributed by atoms with E-state index < -0.39 is 5.60 Å². The van der Waals surface area contributed by atoms with Crippen molar-refractivity contribution in [3.8, 4) is 0 Å². The van der Waals surface area contributed by atoms with Crippen LogP contribution in [0.1, 0.15) is 63.1 Å². The summed E-state index contributed by atoms with van der Waals surface area (Å²) in [5.74, 6) is 0.214. The van der Waals surface area contributed by atoms with Crippen LogP contribution in [0.4, 0.5) is 5.69 Å². The number of anilines is 1. The predicted octanol–water partition coefficient (Wildman–Crippen LogP) is 4.52. The minimum absolute atomic E-state index is 0.0462. The molecule has 1 amide bonds. The van der Waals surface area contributed by atoms with Gasteiger partial charge < -0.3 is 15.3 Å². The smallest absolute Gasteiger partial charge is 0.234 e. The third kappa shape index (κ3) is 5.42. The lowest BCUT2D eigenvalue weighted by molar-refractivity contribution is -0.138. The van der Waals surface area contributed by atoms with Crippen molar-refractivity contribution in [2.24, 2.45) is 5.92 Å². The van der Waals surface area contributed by atoms with Gasteiger partial charge in [0.1, 0.15) is 0 Å². The minimum atomic E-state index is -0.614. The van der Waals surface area contributed by atoms with Crippen LogP contribution >= 0.6 is 0 Å². The molecule has 5 heteroatoms. The molecule has 5 nitrogen and oxygen atoms in total. The molecule has 2 aliphatic rings. The standard InChI is InChI=1S/C28H39N3O2/c1-3-30(4-2)24-15-13-23(14-16-24)27-25-12-8-9-17-28(25,33)18-19-31(27)21-26(32)29-20-22-10-6-5-7-11-22/h5-7,10-11,13-16,25,27,33H,3-4,8-9,12,17-21H2,1-2H3,(H,29,32)/t25-,27+,28-/m1/s1. The monoisotopic (exact) mass is 449 g/mol. The van der Waals surface area contributed by atoms with Crippen molar-refractivity contribution in [2.45, 2.75) is 64.1 Å². The summed E-state index contributed by atoms with van der Waals surface area (Å²) in [6.45, 7) is 7.97. The van der Waals surface area contributed by atoms with Gasteiger partial charge in [-0.25, -0.2) is 0 Å². The largest absolute Gasteiger partial charge is 0.389 e. The molecular weight excluding hydrogens is 410 g/mol. The second kappa shape index (κ2) is 10.7. The van der Waals surface area contributed by atoms with Crippen molar-refractivity contribution < 1.29 is 9.90 Å². The van der Waals surface area contributed by atoms with Gasteiger partial charge in [0, 0.05) is 43.8 Å². The number of hydrogen-bond acceptors (Lipinski definition) is 4. The molecule has 2 aromatic carbocycles.